The van der Waals surface area contributed by atoms with Gasteiger partial charge < -0.3 is 14.8 Å². The van der Waals surface area contributed by atoms with Crippen molar-refractivity contribution in [3.63, 3.8) is 0 Å². The summed E-state index contributed by atoms with van der Waals surface area (Å²) in [5, 5.41) is 4.25. The molecule has 4 aromatic carbocycles. The maximum absolute atomic E-state index is 13.3. The molecule has 1 heterocycles. The Labute approximate surface area is 239 Å². The maximum atomic E-state index is 13.3. The zero-order valence-corrected chi connectivity index (χ0v) is 22.4. The summed E-state index contributed by atoms with van der Waals surface area (Å²) < 4.78 is 49.2. The van der Waals surface area contributed by atoms with E-state index >= 15 is 0 Å². The predicted octanol–water partition coefficient (Wildman–Crippen LogP) is 7.75. The lowest BCUT2D eigenvalue weighted by molar-refractivity contribution is -0.141. The standard InChI is InChI=1S/C33H25F3N2O4/c1-41-31(39)19-29(23-9-7-22(8-10-23)21-5-3-2-4-6-21)38-32(40)30-18-25-17-28(14-11-24(25)20-37-30)42-27-15-12-26(13-16-27)33(34,35)36/h2-18,20,29H,19H2,1H3,(H,38,40). The first kappa shape index (κ1) is 28.4. The molecule has 5 rings (SSSR count). The third-order valence-corrected chi connectivity index (χ3v) is 6.67. The summed E-state index contributed by atoms with van der Waals surface area (Å²) in [6.07, 6.45) is -2.98. The number of nitrogens with one attached hydrogen (secondary N) is 1. The number of rotatable bonds is 8. The number of hydrogen-bond donors (Lipinski definition) is 1. The molecule has 1 aromatic heterocycles. The summed E-state index contributed by atoms with van der Waals surface area (Å²) in [6, 6.07) is 27.7. The molecule has 1 unspecified atom stereocenters. The summed E-state index contributed by atoms with van der Waals surface area (Å²) in [5.74, 6) is -0.365. The number of ether oxygens (including phenoxy) is 2. The van der Waals surface area contributed by atoms with E-state index in [0.29, 0.717) is 11.1 Å². The van der Waals surface area contributed by atoms with E-state index in [4.69, 9.17) is 9.47 Å². The number of benzene rings is 4. The van der Waals surface area contributed by atoms with Gasteiger partial charge in [0.1, 0.15) is 17.2 Å². The van der Waals surface area contributed by atoms with E-state index in [1.165, 1.54) is 25.4 Å². The van der Waals surface area contributed by atoms with Crippen molar-refractivity contribution < 1.29 is 32.2 Å². The lowest BCUT2D eigenvalue weighted by atomic mass is 9.99. The van der Waals surface area contributed by atoms with Crippen LogP contribution < -0.4 is 10.1 Å². The van der Waals surface area contributed by atoms with Crippen molar-refractivity contribution in [2.24, 2.45) is 0 Å². The number of nitrogens with zero attached hydrogens (tertiary/aromatic N) is 1. The largest absolute Gasteiger partial charge is 0.469 e. The molecule has 212 valence electrons. The Balaban J connectivity index is 1.35. The SMILES string of the molecule is COC(=O)CC(NC(=O)c1cc2cc(Oc3ccc(C(F)(F)F)cc3)ccc2cn1)c1ccc(-c2ccccc2)cc1. The van der Waals surface area contributed by atoms with Gasteiger partial charge in [-0.25, -0.2) is 0 Å². The number of methoxy groups -OCH3 is 1. The van der Waals surface area contributed by atoms with Crippen molar-refractivity contribution in [1.29, 1.82) is 0 Å². The van der Waals surface area contributed by atoms with Crippen LogP contribution in [0.4, 0.5) is 13.2 Å². The molecule has 0 aliphatic heterocycles. The number of fused-ring (bicyclic) bond motifs is 1. The Bertz CT molecular complexity index is 1700. The van der Waals surface area contributed by atoms with Crippen LogP contribution in [0.5, 0.6) is 11.5 Å². The number of pyridine rings is 1. The second-order valence-electron chi connectivity index (χ2n) is 9.50. The topological polar surface area (TPSA) is 77.5 Å². The minimum absolute atomic E-state index is 0.0778. The Morgan fingerprint density at radius 1 is 0.810 bits per heavy atom. The van der Waals surface area contributed by atoms with Gasteiger partial charge in [-0.2, -0.15) is 13.2 Å². The van der Waals surface area contributed by atoms with Gasteiger partial charge in [-0.3, -0.25) is 14.6 Å². The number of aromatic nitrogens is 1. The lowest BCUT2D eigenvalue weighted by Gasteiger charge is -2.19. The van der Waals surface area contributed by atoms with Crippen LogP contribution in [0.15, 0.2) is 109 Å². The van der Waals surface area contributed by atoms with Crippen LogP contribution in [0.3, 0.4) is 0 Å². The molecule has 1 atom stereocenters. The van der Waals surface area contributed by atoms with Crippen molar-refractivity contribution in [2.75, 3.05) is 7.11 Å². The molecule has 9 heteroatoms. The average Bonchev–Trinajstić information content (AvgIpc) is 3.00. The van der Waals surface area contributed by atoms with Crippen LogP contribution in [-0.2, 0) is 15.7 Å². The fourth-order valence-electron chi connectivity index (χ4n) is 4.43. The molecule has 0 aliphatic carbocycles. The van der Waals surface area contributed by atoms with E-state index in [0.717, 1.165) is 34.2 Å². The second kappa shape index (κ2) is 12.1. The smallest absolute Gasteiger partial charge is 0.416 e. The molecule has 0 spiro atoms. The molecule has 1 amide bonds. The highest BCUT2D eigenvalue weighted by atomic mass is 19.4. The van der Waals surface area contributed by atoms with Crippen molar-refractivity contribution in [3.05, 3.63) is 126 Å². The van der Waals surface area contributed by atoms with E-state index in [9.17, 15) is 22.8 Å². The van der Waals surface area contributed by atoms with E-state index < -0.39 is 29.7 Å². The molecule has 0 saturated carbocycles. The summed E-state index contributed by atoms with van der Waals surface area (Å²) in [4.78, 5) is 29.7. The molecular formula is C33H25F3N2O4. The van der Waals surface area contributed by atoms with E-state index in [-0.39, 0.29) is 17.9 Å². The predicted molar refractivity (Wildman–Crippen MR) is 152 cm³/mol. The van der Waals surface area contributed by atoms with Gasteiger partial charge in [-0.15, -0.1) is 0 Å². The third kappa shape index (κ3) is 6.75. The summed E-state index contributed by atoms with van der Waals surface area (Å²) in [5.41, 5.74) is 2.10. The van der Waals surface area contributed by atoms with Crippen LogP contribution in [-0.4, -0.2) is 24.0 Å². The van der Waals surface area contributed by atoms with Crippen LogP contribution in [0.1, 0.15) is 34.1 Å². The van der Waals surface area contributed by atoms with Gasteiger partial charge >= 0.3 is 12.1 Å². The number of esters is 1. The monoisotopic (exact) mass is 570 g/mol. The number of halogens is 3. The van der Waals surface area contributed by atoms with Gasteiger partial charge in [0.25, 0.3) is 5.91 Å². The molecule has 42 heavy (non-hydrogen) atoms. The molecule has 0 saturated heterocycles. The van der Waals surface area contributed by atoms with Crippen LogP contribution in [0.2, 0.25) is 0 Å². The highest BCUT2D eigenvalue weighted by Crippen LogP contribution is 2.32. The summed E-state index contributed by atoms with van der Waals surface area (Å²) in [6.45, 7) is 0. The molecule has 0 bridgehead atoms. The Kier molecular flexibility index (Phi) is 8.19. The highest BCUT2D eigenvalue weighted by molar-refractivity contribution is 5.97. The first-order valence-corrected chi connectivity index (χ1v) is 13.0. The zero-order chi connectivity index (χ0) is 29.7. The highest BCUT2D eigenvalue weighted by Gasteiger charge is 2.30. The minimum Gasteiger partial charge on any atom is -0.469 e. The number of amides is 1. The zero-order valence-electron chi connectivity index (χ0n) is 22.4. The number of alkyl halides is 3. The van der Waals surface area contributed by atoms with Gasteiger partial charge in [0, 0.05) is 11.6 Å². The van der Waals surface area contributed by atoms with Crippen LogP contribution in [0.25, 0.3) is 21.9 Å². The molecule has 0 aliphatic rings. The van der Waals surface area contributed by atoms with E-state index in [1.807, 2.05) is 54.6 Å². The van der Waals surface area contributed by atoms with Crippen molar-refractivity contribution >= 4 is 22.6 Å². The fourth-order valence-corrected chi connectivity index (χ4v) is 4.43. The van der Waals surface area contributed by atoms with Gasteiger partial charge in [-0.05, 0) is 70.6 Å². The normalized spacial score (nSPS) is 12.0. The number of hydrogen-bond acceptors (Lipinski definition) is 5. The van der Waals surface area contributed by atoms with E-state index in [1.54, 1.807) is 24.3 Å². The van der Waals surface area contributed by atoms with Crippen molar-refractivity contribution in [3.8, 4) is 22.6 Å². The van der Waals surface area contributed by atoms with Crippen LogP contribution >= 0.6 is 0 Å². The molecule has 5 aromatic rings. The second-order valence-corrected chi connectivity index (χ2v) is 9.50. The minimum atomic E-state index is -4.44. The first-order chi connectivity index (χ1) is 20.2. The molecule has 0 fully saturated rings. The maximum Gasteiger partial charge on any atom is 0.416 e. The van der Waals surface area contributed by atoms with Crippen molar-refractivity contribution in [2.45, 2.75) is 18.6 Å². The van der Waals surface area contributed by atoms with Gasteiger partial charge in [0.05, 0.1) is 25.1 Å². The third-order valence-electron chi connectivity index (χ3n) is 6.67. The quantitative estimate of drug-likeness (QED) is 0.193. The lowest BCUT2D eigenvalue weighted by Crippen LogP contribution is -2.31. The molecule has 1 N–H and O–H groups in total. The number of carbonyl (C=O) groups excluding carboxylic acids is 2. The summed E-state index contributed by atoms with van der Waals surface area (Å²) in [7, 11) is 1.29. The Hall–Kier alpha value is -5.18. The van der Waals surface area contributed by atoms with Gasteiger partial charge in [0.2, 0.25) is 0 Å². The van der Waals surface area contributed by atoms with Crippen molar-refractivity contribution in [1.82, 2.24) is 10.3 Å². The van der Waals surface area contributed by atoms with Gasteiger partial charge in [-0.1, -0.05) is 54.6 Å². The summed E-state index contributed by atoms with van der Waals surface area (Å²) >= 11 is 0. The molecule has 6 nitrogen and oxygen atoms in total. The first-order valence-electron chi connectivity index (χ1n) is 13.0. The Morgan fingerprint density at radius 3 is 2.14 bits per heavy atom. The fraction of sp³-hybridized carbons (Fsp3) is 0.121. The van der Waals surface area contributed by atoms with Gasteiger partial charge in [0.15, 0.2) is 0 Å². The number of carbonyl (C=O) groups is 2. The van der Waals surface area contributed by atoms with Crippen LogP contribution in [0, 0.1) is 0 Å². The van der Waals surface area contributed by atoms with E-state index in [2.05, 4.69) is 10.3 Å². The molecular weight excluding hydrogens is 545 g/mol. The molecule has 0 radical (unpaired) electrons. The average molecular weight is 571 g/mol. The Morgan fingerprint density at radius 2 is 1.48 bits per heavy atom.